The van der Waals surface area contributed by atoms with Gasteiger partial charge in [-0.25, -0.2) is 9.59 Å². The van der Waals surface area contributed by atoms with Crippen LogP contribution in [0.1, 0.15) is 47.2 Å². The number of nitrogens with two attached hydrogens (primary N) is 1. The largest absolute Gasteiger partial charge is 0.478 e. The standard InChI is InChI=1S/C23H26N2O5/c1-15-13-17(22(27)28)11-12-19(15)25(18-9-5-6-10-18)21(26)20(24)23(29)30-14-16-7-3-2-4-8-16/h2-4,7-8,11-13,18,20H,5-6,9-10,14,24H2,1H3,(H,27,28). The van der Waals surface area contributed by atoms with Crippen LogP contribution in [0.25, 0.3) is 0 Å². The number of nitrogens with zero attached hydrogens (tertiary/aromatic N) is 1. The molecule has 158 valence electrons. The Bertz CT molecular complexity index is 922. The Balaban J connectivity index is 1.80. The molecule has 1 atom stereocenters. The summed E-state index contributed by atoms with van der Waals surface area (Å²) in [7, 11) is 0. The third-order valence-corrected chi connectivity index (χ3v) is 5.37. The Labute approximate surface area is 175 Å². The van der Waals surface area contributed by atoms with Gasteiger partial charge in [0, 0.05) is 11.7 Å². The van der Waals surface area contributed by atoms with Crippen molar-refractivity contribution in [1.29, 1.82) is 0 Å². The van der Waals surface area contributed by atoms with Crippen molar-refractivity contribution in [2.75, 3.05) is 4.90 Å². The molecule has 1 amide bonds. The number of ether oxygens (including phenoxy) is 1. The quantitative estimate of drug-likeness (QED) is 0.536. The number of aromatic carboxylic acids is 1. The summed E-state index contributed by atoms with van der Waals surface area (Å²) in [5.41, 5.74) is 8.15. The van der Waals surface area contributed by atoms with E-state index in [-0.39, 0.29) is 18.2 Å². The Kier molecular flexibility index (Phi) is 6.84. The lowest BCUT2D eigenvalue weighted by molar-refractivity contribution is -0.149. The first-order chi connectivity index (χ1) is 14.4. The normalized spacial score (nSPS) is 14.9. The van der Waals surface area contributed by atoms with Crippen molar-refractivity contribution in [2.45, 2.75) is 51.3 Å². The summed E-state index contributed by atoms with van der Waals surface area (Å²) in [6, 6.07) is 12.2. The van der Waals surface area contributed by atoms with E-state index in [9.17, 15) is 19.5 Å². The zero-order valence-electron chi connectivity index (χ0n) is 16.9. The van der Waals surface area contributed by atoms with E-state index in [1.807, 2.05) is 30.3 Å². The van der Waals surface area contributed by atoms with Crippen LogP contribution < -0.4 is 10.6 Å². The van der Waals surface area contributed by atoms with Gasteiger partial charge in [-0.3, -0.25) is 4.79 Å². The maximum atomic E-state index is 13.2. The minimum Gasteiger partial charge on any atom is -0.478 e. The minimum atomic E-state index is -1.45. The number of carboxylic acids is 1. The van der Waals surface area contributed by atoms with Crippen LogP contribution in [0, 0.1) is 6.92 Å². The highest BCUT2D eigenvalue weighted by Crippen LogP contribution is 2.31. The highest BCUT2D eigenvalue weighted by atomic mass is 16.5. The molecule has 0 aromatic heterocycles. The molecule has 30 heavy (non-hydrogen) atoms. The molecule has 1 aliphatic rings. The molecule has 1 saturated carbocycles. The Morgan fingerprint density at radius 3 is 2.40 bits per heavy atom. The number of benzene rings is 2. The number of anilines is 1. The molecule has 2 aromatic rings. The van der Waals surface area contributed by atoms with Gasteiger partial charge in [-0.15, -0.1) is 0 Å². The summed E-state index contributed by atoms with van der Waals surface area (Å²) >= 11 is 0. The highest BCUT2D eigenvalue weighted by molar-refractivity contribution is 6.10. The number of hydrogen-bond donors (Lipinski definition) is 2. The van der Waals surface area contributed by atoms with Gasteiger partial charge in [0.1, 0.15) is 6.61 Å². The van der Waals surface area contributed by atoms with Crippen LogP contribution in [0.5, 0.6) is 0 Å². The van der Waals surface area contributed by atoms with Crippen molar-refractivity contribution in [3.05, 3.63) is 65.2 Å². The summed E-state index contributed by atoms with van der Waals surface area (Å²) in [5, 5.41) is 9.21. The number of amides is 1. The summed E-state index contributed by atoms with van der Waals surface area (Å²) in [5.74, 6) is -2.36. The molecule has 1 fully saturated rings. The van der Waals surface area contributed by atoms with E-state index in [4.69, 9.17) is 10.5 Å². The molecule has 0 bridgehead atoms. The maximum absolute atomic E-state index is 13.2. The van der Waals surface area contributed by atoms with Gasteiger partial charge in [-0.1, -0.05) is 43.2 Å². The number of rotatable bonds is 7. The lowest BCUT2D eigenvalue weighted by atomic mass is 10.0. The Morgan fingerprint density at radius 1 is 1.13 bits per heavy atom. The van der Waals surface area contributed by atoms with Crippen LogP contribution >= 0.6 is 0 Å². The van der Waals surface area contributed by atoms with Gasteiger partial charge >= 0.3 is 11.9 Å². The van der Waals surface area contributed by atoms with Crippen molar-refractivity contribution < 1.29 is 24.2 Å². The smallest absolute Gasteiger partial charge is 0.335 e. The van der Waals surface area contributed by atoms with Crippen LogP contribution in [0.4, 0.5) is 5.69 Å². The Hall–Kier alpha value is -3.19. The van der Waals surface area contributed by atoms with Gasteiger partial charge in [0.25, 0.3) is 5.91 Å². The molecule has 0 aliphatic heterocycles. The van der Waals surface area contributed by atoms with Crippen molar-refractivity contribution in [3.63, 3.8) is 0 Å². The number of esters is 1. The minimum absolute atomic E-state index is 0.0381. The van der Waals surface area contributed by atoms with Crippen molar-refractivity contribution >= 4 is 23.5 Å². The monoisotopic (exact) mass is 410 g/mol. The van der Waals surface area contributed by atoms with Crippen molar-refractivity contribution in [1.82, 2.24) is 0 Å². The van der Waals surface area contributed by atoms with Crippen LogP contribution in [-0.4, -0.2) is 35.0 Å². The molecular weight excluding hydrogens is 384 g/mol. The molecule has 0 saturated heterocycles. The SMILES string of the molecule is Cc1cc(C(=O)O)ccc1N(C(=O)C(N)C(=O)OCc1ccccc1)C1CCCC1. The van der Waals surface area contributed by atoms with Gasteiger partial charge < -0.3 is 20.5 Å². The van der Waals surface area contributed by atoms with Crippen molar-refractivity contribution in [3.8, 4) is 0 Å². The Morgan fingerprint density at radius 2 is 1.80 bits per heavy atom. The molecule has 1 unspecified atom stereocenters. The average molecular weight is 410 g/mol. The van der Waals surface area contributed by atoms with Gasteiger partial charge in [-0.2, -0.15) is 0 Å². The van der Waals surface area contributed by atoms with E-state index in [2.05, 4.69) is 0 Å². The van der Waals surface area contributed by atoms with Gasteiger partial charge in [0.2, 0.25) is 0 Å². The molecule has 3 N–H and O–H groups in total. The fourth-order valence-corrected chi connectivity index (χ4v) is 3.79. The van der Waals surface area contributed by atoms with E-state index in [0.717, 1.165) is 31.2 Å². The predicted molar refractivity (Wildman–Crippen MR) is 112 cm³/mol. The lowest BCUT2D eigenvalue weighted by Gasteiger charge is -2.32. The third-order valence-electron chi connectivity index (χ3n) is 5.37. The fraction of sp³-hybridized carbons (Fsp3) is 0.348. The second kappa shape index (κ2) is 9.54. The molecule has 1 aliphatic carbocycles. The maximum Gasteiger partial charge on any atom is 0.335 e. The summed E-state index contributed by atoms with van der Waals surface area (Å²) in [4.78, 5) is 38.5. The summed E-state index contributed by atoms with van der Waals surface area (Å²) < 4.78 is 5.25. The molecule has 0 spiro atoms. The van der Waals surface area contributed by atoms with Crippen LogP contribution in [0.3, 0.4) is 0 Å². The average Bonchev–Trinajstić information content (AvgIpc) is 3.27. The molecule has 7 heteroatoms. The van der Waals surface area contributed by atoms with E-state index in [0.29, 0.717) is 11.3 Å². The second-order valence-corrected chi connectivity index (χ2v) is 7.52. The summed E-state index contributed by atoms with van der Waals surface area (Å²) in [6.07, 6.45) is 3.57. The number of hydrogen-bond acceptors (Lipinski definition) is 5. The molecule has 3 rings (SSSR count). The first kappa shape index (κ1) is 21.5. The highest BCUT2D eigenvalue weighted by Gasteiger charge is 2.35. The zero-order valence-corrected chi connectivity index (χ0v) is 16.9. The van der Waals surface area contributed by atoms with Crippen LogP contribution in [-0.2, 0) is 20.9 Å². The number of aryl methyl sites for hydroxylation is 1. The van der Waals surface area contributed by atoms with E-state index in [1.165, 1.54) is 12.1 Å². The molecule has 0 radical (unpaired) electrons. The number of carbonyl (C=O) groups excluding carboxylic acids is 2. The van der Waals surface area contributed by atoms with Crippen LogP contribution in [0.2, 0.25) is 0 Å². The first-order valence-electron chi connectivity index (χ1n) is 10.0. The van der Waals surface area contributed by atoms with Gasteiger partial charge in [0.15, 0.2) is 6.04 Å². The molecule has 2 aromatic carbocycles. The van der Waals surface area contributed by atoms with E-state index in [1.54, 1.807) is 17.9 Å². The van der Waals surface area contributed by atoms with Crippen LogP contribution in [0.15, 0.2) is 48.5 Å². The first-order valence-corrected chi connectivity index (χ1v) is 10.0. The summed E-state index contributed by atoms with van der Waals surface area (Å²) in [6.45, 7) is 1.78. The zero-order chi connectivity index (χ0) is 21.7. The van der Waals surface area contributed by atoms with E-state index < -0.39 is 23.9 Å². The topological polar surface area (TPSA) is 110 Å². The van der Waals surface area contributed by atoms with Crippen molar-refractivity contribution in [2.24, 2.45) is 5.73 Å². The van der Waals surface area contributed by atoms with Gasteiger partial charge in [0.05, 0.1) is 5.56 Å². The number of carbonyl (C=O) groups is 3. The second-order valence-electron chi connectivity index (χ2n) is 7.52. The lowest BCUT2D eigenvalue weighted by Crippen LogP contribution is -2.52. The molecule has 0 heterocycles. The third kappa shape index (κ3) is 4.86. The molecular formula is C23H26N2O5. The fourth-order valence-electron chi connectivity index (χ4n) is 3.79. The number of carboxylic acid groups (broad SMARTS) is 1. The van der Waals surface area contributed by atoms with E-state index >= 15 is 0 Å². The van der Waals surface area contributed by atoms with Gasteiger partial charge in [-0.05, 0) is 49.1 Å². The predicted octanol–water partition coefficient (Wildman–Crippen LogP) is 3.04. The molecule has 7 nitrogen and oxygen atoms in total.